The summed E-state index contributed by atoms with van der Waals surface area (Å²) < 4.78 is 41.2. The summed E-state index contributed by atoms with van der Waals surface area (Å²) in [7, 11) is 1.14. The number of carbonyl (C=O) groups is 1. The van der Waals surface area contributed by atoms with Gasteiger partial charge < -0.3 is 4.74 Å². The lowest BCUT2D eigenvalue weighted by Crippen LogP contribution is -2.36. The van der Waals surface area contributed by atoms with Crippen LogP contribution in [0.25, 0.3) is 0 Å². The van der Waals surface area contributed by atoms with Gasteiger partial charge in [-0.3, -0.25) is 5.32 Å². The predicted molar refractivity (Wildman–Crippen MR) is 64.7 cm³/mol. The summed E-state index contributed by atoms with van der Waals surface area (Å²) in [5, 5.41) is 2.17. The number of nitrogens with one attached hydrogen (secondary N) is 1. The minimum atomic E-state index is -4.38. The van der Waals surface area contributed by atoms with E-state index in [2.05, 4.69) is 10.1 Å². The molecule has 0 aliphatic carbocycles. The van der Waals surface area contributed by atoms with Gasteiger partial charge >= 0.3 is 12.1 Å². The van der Waals surface area contributed by atoms with Crippen LogP contribution in [0.5, 0.6) is 0 Å². The van der Waals surface area contributed by atoms with Crippen molar-refractivity contribution in [2.75, 3.05) is 13.7 Å². The topological polar surface area (TPSA) is 38.3 Å². The molecule has 1 unspecified atom stereocenters. The van der Waals surface area contributed by atoms with Gasteiger partial charge in [0.1, 0.15) is 6.04 Å². The fraction of sp³-hybridized carbons (Fsp3) is 0.462. The van der Waals surface area contributed by atoms with Gasteiger partial charge in [-0.05, 0) is 30.5 Å². The van der Waals surface area contributed by atoms with Crippen LogP contribution in [0.2, 0.25) is 0 Å². The Labute approximate surface area is 109 Å². The van der Waals surface area contributed by atoms with Gasteiger partial charge in [0.05, 0.1) is 13.7 Å². The van der Waals surface area contributed by atoms with Crippen molar-refractivity contribution in [1.29, 1.82) is 0 Å². The van der Waals surface area contributed by atoms with Gasteiger partial charge in [-0.25, -0.2) is 4.79 Å². The molecule has 3 nitrogen and oxygen atoms in total. The largest absolute Gasteiger partial charge is 0.468 e. The molecule has 6 heteroatoms. The highest BCUT2D eigenvalue weighted by Crippen LogP contribution is 2.20. The maximum Gasteiger partial charge on any atom is 0.401 e. The summed E-state index contributed by atoms with van der Waals surface area (Å²) in [6.07, 6.45) is -4.38. The van der Waals surface area contributed by atoms with E-state index in [0.717, 1.165) is 18.2 Å². The third-order valence-electron chi connectivity index (χ3n) is 2.81. The van der Waals surface area contributed by atoms with Gasteiger partial charge in [-0.15, -0.1) is 0 Å². The summed E-state index contributed by atoms with van der Waals surface area (Å²) in [4.78, 5) is 11.6. The zero-order valence-electron chi connectivity index (χ0n) is 11.0. The second kappa shape index (κ2) is 6.06. The highest BCUT2D eigenvalue weighted by molar-refractivity contribution is 5.77. The average Bonchev–Trinajstić information content (AvgIpc) is 2.32. The zero-order valence-corrected chi connectivity index (χ0v) is 11.0. The molecule has 19 heavy (non-hydrogen) atoms. The Bertz CT molecular complexity index is 458. The van der Waals surface area contributed by atoms with Crippen molar-refractivity contribution in [2.45, 2.75) is 26.1 Å². The van der Waals surface area contributed by atoms with Crippen LogP contribution in [0, 0.1) is 13.8 Å². The minimum absolute atomic E-state index is 0.458. The third kappa shape index (κ3) is 4.55. The molecule has 0 spiro atoms. The van der Waals surface area contributed by atoms with Crippen molar-refractivity contribution in [2.24, 2.45) is 0 Å². The van der Waals surface area contributed by atoms with Crippen LogP contribution in [-0.4, -0.2) is 25.8 Å². The Morgan fingerprint density at radius 2 is 1.95 bits per heavy atom. The molecule has 0 saturated carbocycles. The first-order valence-corrected chi connectivity index (χ1v) is 5.69. The molecule has 0 aliphatic rings. The number of hydrogen-bond acceptors (Lipinski definition) is 3. The second-order valence-electron chi connectivity index (χ2n) is 4.30. The maximum atomic E-state index is 12.2. The van der Waals surface area contributed by atoms with Crippen molar-refractivity contribution < 1.29 is 22.7 Å². The lowest BCUT2D eigenvalue weighted by atomic mass is 10.0. The zero-order chi connectivity index (χ0) is 14.6. The molecule has 1 aromatic rings. The fourth-order valence-corrected chi connectivity index (χ4v) is 1.62. The Kier molecular flexibility index (Phi) is 4.94. The van der Waals surface area contributed by atoms with Gasteiger partial charge in [-0.1, -0.05) is 18.2 Å². The minimum Gasteiger partial charge on any atom is -0.468 e. The van der Waals surface area contributed by atoms with Gasteiger partial charge in [0.2, 0.25) is 0 Å². The number of carbonyl (C=O) groups excluding carboxylic acids is 1. The summed E-state index contributed by atoms with van der Waals surface area (Å²) in [6, 6.07) is 3.94. The molecule has 106 valence electrons. The highest BCUT2D eigenvalue weighted by Gasteiger charge is 2.31. The first kappa shape index (κ1) is 15.5. The SMILES string of the molecule is COC(=O)C(NCC(F)(F)F)c1ccc(C)c(C)c1. The van der Waals surface area contributed by atoms with E-state index in [-0.39, 0.29) is 0 Å². The second-order valence-corrected chi connectivity index (χ2v) is 4.30. The fourth-order valence-electron chi connectivity index (χ4n) is 1.62. The molecular formula is C13H16F3NO2. The molecule has 1 atom stereocenters. The van der Waals surface area contributed by atoms with Gasteiger partial charge in [0, 0.05) is 0 Å². The number of alkyl halides is 3. The van der Waals surface area contributed by atoms with E-state index in [1.165, 1.54) is 0 Å². The maximum absolute atomic E-state index is 12.2. The van der Waals surface area contributed by atoms with E-state index >= 15 is 0 Å². The van der Waals surface area contributed by atoms with E-state index in [1.54, 1.807) is 18.2 Å². The van der Waals surface area contributed by atoms with Crippen LogP contribution in [-0.2, 0) is 9.53 Å². The molecule has 0 amide bonds. The first-order chi connectivity index (χ1) is 8.74. The van der Waals surface area contributed by atoms with Crippen molar-refractivity contribution in [1.82, 2.24) is 5.32 Å². The van der Waals surface area contributed by atoms with Crippen molar-refractivity contribution in [3.63, 3.8) is 0 Å². The monoisotopic (exact) mass is 275 g/mol. The van der Waals surface area contributed by atoms with E-state index < -0.39 is 24.7 Å². The summed E-state index contributed by atoms with van der Waals surface area (Å²) >= 11 is 0. The molecule has 0 aromatic heterocycles. The average molecular weight is 275 g/mol. The van der Waals surface area contributed by atoms with Gasteiger partial charge in [0.15, 0.2) is 0 Å². The van der Waals surface area contributed by atoms with Crippen LogP contribution in [0.4, 0.5) is 13.2 Å². The number of halogens is 3. The van der Waals surface area contributed by atoms with Crippen molar-refractivity contribution >= 4 is 5.97 Å². The standard InChI is InChI=1S/C13H16F3NO2/c1-8-4-5-10(6-9(8)2)11(12(18)19-3)17-7-13(14,15)16/h4-6,11,17H,7H2,1-3H3. The smallest absolute Gasteiger partial charge is 0.401 e. The molecule has 0 bridgehead atoms. The van der Waals surface area contributed by atoms with E-state index in [9.17, 15) is 18.0 Å². The molecule has 0 radical (unpaired) electrons. The lowest BCUT2D eigenvalue weighted by Gasteiger charge is -2.18. The Hall–Kier alpha value is -1.56. The van der Waals surface area contributed by atoms with Crippen molar-refractivity contribution in [3.8, 4) is 0 Å². The molecule has 1 N–H and O–H groups in total. The number of benzene rings is 1. The van der Waals surface area contributed by atoms with Crippen LogP contribution in [0.15, 0.2) is 18.2 Å². The summed E-state index contributed by atoms with van der Waals surface area (Å²) in [6.45, 7) is 2.46. The Balaban J connectivity index is 2.96. The van der Waals surface area contributed by atoms with Gasteiger partial charge in [-0.2, -0.15) is 13.2 Å². The predicted octanol–water partition coefficient (Wildman–Crippen LogP) is 2.67. The van der Waals surface area contributed by atoms with Crippen LogP contribution in [0.3, 0.4) is 0 Å². The van der Waals surface area contributed by atoms with E-state index in [4.69, 9.17) is 0 Å². The molecule has 0 fully saturated rings. The highest BCUT2D eigenvalue weighted by atomic mass is 19.4. The van der Waals surface area contributed by atoms with Crippen LogP contribution < -0.4 is 5.32 Å². The first-order valence-electron chi connectivity index (χ1n) is 5.69. The van der Waals surface area contributed by atoms with Crippen molar-refractivity contribution in [3.05, 3.63) is 34.9 Å². The number of esters is 1. The molecule has 0 aliphatic heterocycles. The van der Waals surface area contributed by atoms with Crippen LogP contribution >= 0.6 is 0 Å². The molecular weight excluding hydrogens is 259 g/mol. The molecule has 1 rings (SSSR count). The lowest BCUT2D eigenvalue weighted by molar-refractivity contribution is -0.146. The number of rotatable bonds is 4. The quantitative estimate of drug-likeness (QED) is 0.859. The molecule has 0 heterocycles. The number of aryl methyl sites for hydroxylation is 2. The van der Waals surface area contributed by atoms with Gasteiger partial charge in [0.25, 0.3) is 0 Å². The number of methoxy groups -OCH3 is 1. The number of ether oxygens (including phenoxy) is 1. The normalized spacial score (nSPS) is 13.2. The summed E-state index contributed by atoms with van der Waals surface area (Å²) in [5.41, 5.74) is 2.36. The summed E-state index contributed by atoms with van der Waals surface area (Å²) in [5.74, 6) is -0.743. The third-order valence-corrected chi connectivity index (χ3v) is 2.81. The van der Waals surface area contributed by atoms with E-state index in [0.29, 0.717) is 5.56 Å². The molecule has 0 saturated heterocycles. The Morgan fingerprint density at radius 1 is 1.32 bits per heavy atom. The van der Waals surface area contributed by atoms with E-state index in [1.807, 2.05) is 13.8 Å². The number of hydrogen-bond donors (Lipinski definition) is 1. The molecule has 1 aromatic carbocycles. The van der Waals surface area contributed by atoms with Crippen LogP contribution in [0.1, 0.15) is 22.7 Å². The Morgan fingerprint density at radius 3 is 2.42 bits per heavy atom.